The van der Waals surface area contributed by atoms with Crippen LogP contribution >= 0.6 is 11.8 Å². The van der Waals surface area contributed by atoms with E-state index >= 15 is 0 Å². The summed E-state index contributed by atoms with van der Waals surface area (Å²) in [7, 11) is -1.02. The molecule has 5 unspecified atom stereocenters. The highest BCUT2D eigenvalue weighted by Gasteiger charge is 2.39. The molecule has 0 saturated heterocycles. The van der Waals surface area contributed by atoms with Crippen molar-refractivity contribution in [1.29, 1.82) is 0 Å². The van der Waals surface area contributed by atoms with Crippen LogP contribution in [-0.2, 0) is 11.0 Å². The predicted octanol–water partition coefficient (Wildman–Crippen LogP) is 5.32. The van der Waals surface area contributed by atoms with Gasteiger partial charge in [-0.1, -0.05) is 18.9 Å². The Balaban J connectivity index is 1.64. The lowest BCUT2D eigenvalue weighted by Gasteiger charge is -2.40. The molecule has 5 atom stereocenters. The summed E-state index contributed by atoms with van der Waals surface area (Å²) in [6.45, 7) is 10.2. The molecule has 0 radical (unpaired) electrons. The minimum Gasteiger partial charge on any atom is -0.242 e. The summed E-state index contributed by atoms with van der Waals surface area (Å²) in [5.74, 6) is 4.79. The molecule has 0 aromatic rings. The molecule has 0 aromatic heterocycles. The van der Waals surface area contributed by atoms with Gasteiger partial charge >= 0.3 is 0 Å². The third-order valence-electron chi connectivity index (χ3n) is 6.06. The van der Waals surface area contributed by atoms with E-state index in [0.29, 0.717) is 11.2 Å². The van der Waals surface area contributed by atoms with Crippen LogP contribution in [0, 0.1) is 23.7 Å². The standard InChI is InChI=1S/C21H37NOS2/c1-5-19(22-25(23)21(2,3)4)18-13-17(12-15-6-7-15)10-11-20(18)24-14-16-8-9-16/h5,15-20,22H,1,6-14H2,2-4H3. The SMILES string of the molecule is C=CC(NS(=O)C(C)(C)C)C1CC(CC2CC2)CCC1SCC1CC1. The van der Waals surface area contributed by atoms with Crippen LogP contribution in [0.2, 0.25) is 0 Å². The Morgan fingerprint density at radius 3 is 2.32 bits per heavy atom. The molecule has 3 saturated carbocycles. The Morgan fingerprint density at radius 2 is 1.76 bits per heavy atom. The van der Waals surface area contributed by atoms with Gasteiger partial charge in [-0.05, 0) is 88.7 Å². The Labute approximate surface area is 162 Å². The second kappa shape index (κ2) is 8.48. The van der Waals surface area contributed by atoms with Crippen LogP contribution in [0.15, 0.2) is 12.7 Å². The maximum absolute atomic E-state index is 12.7. The van der Waals surface area contributed by atoms with Crippen LogP contribution in [0.3, 0.4) is 0 Å². The van der Waals surface area contributed by atoms with Gasteiger partial charge in [0.15, 0.2) is 0 Å². The smallest absolute Gasteiger partial charge is 0.0975 e. The molecular formula is C21H37NOS2. The molecule has 3 fully saturated rings. The second-order valence-corrected chi connectivity index (χ2v) is 12.9. The normalized spacial score (nSPS) is 33.0. The van der Waals surface area contributed by atoms with E-state index in [4.69, 9.17) is 0 Å². The maximum atomic E-state index is 12.7. The fourth-order valence-electron chi connectivity index (χ4n) is 4.05. The van der Waals surface area contributed by atoms with Gasteiger partial charge in [0.1, 0.15) is 0 Å². The topological polar surface area (TPSA) is 29.1 Å². The molecule has 2 nitrogen and oxygen atoms in total. The van der Waals surface area contributed by atoms with Crippen molar-refractivity contribution in [3.05, 3.63) is 12.7 Å². The minimum absolute atomic E-state index is 0.179. The number of rotatable bonds is 9. The average molecular weight is 384 g/mol. The van der Waals surface area contributed by atoms with E-state index in [-0.39, 0.29) is 10.8 Å². The summed E-state index contributed by atoms with van der Waals surface area (Å²) in [4.78, 5) is 0. The first kappa shape index (κ1) is 19.9. The van der Waals surface area contributed by atoms with Crippen molar-refractivity contribution < 1.29 is 4.21 Å². The molecule has 144 valence electrons. The molecule has 0 bridgehead atoms. The van der Waals surface area contributed by atoms with E-state index in [2.05, 4.69) is 23.1 Å². The van der Waals surface area contributed by atoms with Crippen molar-refractivity contribution in [2.24, 2.45) is 23.7 Å². The van der Waals surface area contributed by atoms with Gasteiger partial charge in [0, 0.05) is 11.3 Å². The molecule has 0 amide bonds. The summed E-state index contributed by atoms with van der Waals surface area (Å²) < 4.78 is 15.9. The Bertz CT molecular complexity index is 479. The second-order valence-electron chi connectivity index (χ2n) is 9.60. The zero-order chi connectivity index (χ0) is 18.0. The number of nitrogens with one attached hydrogen (secondary N) is 1. The van der Waals surface area contributed by atoms with Crippen LogP contribution in [0.25, 0.3) is 0 Å². The van der Waals surface area contributed by atoms with E-state index in [1.54, 1.807) is 0 Å². The quantitative estimate of drug-likeness (QED) is 0.546. The molecule has 0 aliphatic heterocycles. The highest BCUT2D eigenvalue weighted by molar-refractivity contribution is 7.99. The first-order valence-electron chi connectivity index (χ1n) is 10.3. The van der Waals surface area contributed by atoms with E-state index in [1.165, 1.54) is 57.1 Å². The fraction of sp³-hybridized carbons (Fsp3) is 0.905. The molecular weight excluding hydrogens is 346 g/mol. The number of hydrogen-bond donors (Lipinski definition) is 1. The van der Waals surface area contributed by atoms with Crippen molar-refractivity contribution >= 4 is 22.7 Å². The molecule has 25 heavy (non-hydrogen) atoms. The molecule has 0 heterocycles. The van der Waals surface area contributed by atoms with Gasteiger partial charge in [-0.15, -0.1) is 6.58 Å². The Morgan fingerprint density at radius 1 is 1.12 bits per heavy atom. The molecule has 4 heteroatoms. The number of hydrogen-bond acceptors (Lipinski definition) is 2. The maximum Gasteiger partial charge on any atom is 0.0975 e. The molecule has 3 aliphatic carbocycles. The molecule has 0 spiro atoms. The summed E-state index contributed by atoms with van der Waals surface area (Å²) in [5, 5.41) is 0.712. The molecule has 0 aromatic carbocycles. The Hall–Kier alpha value is 0.200. The average Bonchev–Trinajstić information content (AvgIpc) is 3.45. The summed E-state index contributed by atoms with van der Waals surface area (Å²) >= 11 is 2.20. The van der Waals surface area contributed by atoms with Crippen molar-refractivity contribution in [3.63, 3.8) is 0 Å². The van der Waals surface area contributed by atoms with Crippen LogP contribution in [-0.4, -0.2) is 26.0 Å². The van der Waals surface area contributed by atoms with Crippen molar-refractivity contribution in [2.45, 2.75) is 88.2 Å². The monoisotopic (exact) mass is 383 g/mol. The summed E-state index contributed by atoms with van der Waals surface area (Å²) in [6, 6.07) is 0.179. The zero-order valence-corrected chi connectivity index (χ0v) is 18.0. The van der Waals surface area contributed by atoms with Gasteiger partial charge < -0.3 is 0 Å². The van der Waals surface area contributed by atoms with Gasteiger partial charge in [-0.25, -0.2) is 8.93 Å². The van der Waals surface area contributed by atoms with Gasteiger partial charge in [-0.3, -0.25) is 0 Å². The summed E-state index contributed by atoms with van der Waals surface area (Å²) in [5.41, 5.74) is 0. The lowest BCUT2D eigenvalue weighted by molar-refractivity contribution is 0.236. The van der Waals surface area contributed by atoms with E-state index < -0.39 is 11.0 Å². The van der Waals surface area contributed by atoms with Crippen molar-refractivity contribution in [3.8, 4) is 0 Å². The van der Waals surface area contributed by atoms with Gasteiger partial charge in [-0.2, -0.15) is 11.8 Å². The minimum atomic E-state index is -1.02. The fourth-order valence-corrected chi connectivity index (χ4v) is 6.60. The molecule has 3 rings (SSSR count). The third kappa shape index (κ3) is 6.10. The van der Waals surface area contributed by atoms with E-state index in [1.807, 2.05) is 26.8 Å². The van der Waals surface area contributed by atoms with E-state index in [0.717, 1.165) is 17.8 Å². The van der Waals surface area contributed by atoms with Crippen LogP contribution < -0.4 is 4.72 Å². The zero-order valence-electron chi connectivity index (χ0n) is 16.3. The highest BCUT2D eigenvalue weighted by atomic mass is 32.2. The predicted molar refractivity (Wildman–Crippen MR) is 112 cm³/mol. The number of thioether (sulfide) groups is 1. The lowest BCUT2D eigenvalue weighted by atomic mass is 9.75. The largest absolute Gasteiger partial charge is 0.242 e. The van der Waals surface area contributed by atoms with Crippen molar-refractivity contribution in [1.82, 2.24) is 4.72 Å². The molecule has 3 aliphatic rings. The lowest BCUT2D eigenvalue weighted by Crippen LogP contribution is -2.47. The Kier molecular flexibility index (Phi) is 6.76. The summed E-state index contributed by atoms with van der Waals surface area (Å²) in [6.07, 6.45) is 13.3. The first-order valence-corrected chi connectivity index (χ1v) is 12.5. The van der Waals surface area contributed by atoms with Gasteiger partial charge in [0.25, 0.3) is 0 Å². The van der Waals surface area contributed by atoms with Crippen LogP contribution in [0.1, 0.15) is 72.1 Å². The van der Waals surface area contributed by atoms with Crippen LogP contribution in [0.4, 0.5) is 0 Å². The molecule has 1 N–H and O–H groups in total. The van der Waals surface area contributed by atoms with Gasteiger partial charge in [0.2, 0.25) is 0 Å². The highest BCUT2D eigenvalue weighted by Crippen LogP contribution is 2.46. The van der Waals surface area contributed by atoms with Gasteiger partial charge in [0.05, 0.1) is 15.7 Å². The van der Waals surface area contributed by atoms with Crippen molar-refractivity contribution in [2.75, 3.05) is 5.75 Å². The third-order valence-corrected chi connectivity index (χ3v) is 9.34. The van der Waals surface area contributed by atoms with E-state index in [9.17, 15) is 4.21 Å². The first-order chi connectivity index (χ1) is 11.9. The van der Waals surface area contributed by atoms with Crippen LogP contribution in [0.5, 0.6) is 0 Å².